The van der Waals surface area contributed by atoms with Gasteiger partial charge in [-0.1, -0.05) is 0 Å². The summed E-state index contributed by atoms with van der Waals surface area (Å²) in [4.78, 5) is 0.328. The maximum absolute atomic E-state index is 12.7. The van der Waals surface area contributed by atoms with Crippen molar-refractivity contribution in [3.63, 3.8) is 0 Å². The third-order valence-corrected chi connectivity index (χ3v) is 5.69. The van der Waals surface area contributed by atoms with Crippen molar-refractivity contribution in [2.75, 3.05) is 38.0 Å². The molecule has 1 fully saturated rings. The quantitative estimate of drug-likeness (QED) is 0.848. The zero-order chi connectivity index (χ0) is 14.9. The van der Waals surface area contributed by atoms with Gasteiger partial charge in [0, 0.05) is 19.6 Å². The summed E-state index contributed by atoms with van der Waals surface area (Å²) in [6.45, 7) is 5.30. The number of ether oxygens (including phenoxy) is 1. The SMILES string of the molecule is CC1CNc2cc(S(=O)(=O)N3CCCNCC3)ccc2O1. The highest BCUT2D eigenvalue weighted by Gasteiger charge is 2.27. The second kappa shape index (κ2) is 5.82. The van der Waals surface area contributed by atoms with Crippen LogP contribution in [0.1, 0.15) is 13.3 Å². The number of hydrogen-bond donors (Lipinski definition) is 2. The van der Waals surface area contributed by atoms with E-state index in [2.05, 4.69) is 10.6 Å². The van der Waals surface area contributed by atoms with Crippen LogP contribution in [0.3, 0.4) is 0 Å². The average molecular weight is 311 g/mol. The highest BCUT2D eigenvalue weighted by atomic mass is 32.2. The molecule has 0 bridgehead atoms. The molecule has 2 aliphatic heterocycles. The first-order chi connectivity index (χ1) is 10.1. The average Bonchev–Trinajstić information content (AvgIpc) is 2.76. The Morgan fingerprint density at radius 3 is 3.00 bits per heavy atom. The molecule has 1 aromatic rings. The van der Waals surface area contributed by atoms with Gasteiger partial charge >= 0.3 is 0 Å². The smallest absolute Gasteiger partial charge is 0.243 e. The Morgan fingerprint density at radius 1 is 1.29 bits per heavy atom. The Labute approximate surface area is 125 Å². The summed E-state index contributed by atoms with van der Waals surface area (Å²) in [5.41, 5.74) is 0.752. The number of fused-ring (bicyclic) bond motifs is 1. The van der Waals surface area contributed by atoms with Crippen molar-refractivity contribution in [2.45, 2.75) is 24.3 Å². The van der Waals surface area contributed by atoms with Crippen LogP contribution in [0.15, 0.2) is 23.1 Å². The van der Waals surface area contributed by atoms with E-state index in [0.717, 1.165) is 18.7 Å². The van der Waals surface area contributed by atoms with E-state index >= 15 is 0 Å². The third kappa shape index (κ3) is 3.00. The summed E-state index contributed by atoms with van der Waals surface area (Å²) < 4.78 is 32.7. The molecule has 1 aromatic carbocycles. The van der Waals surface area contributed by atoms with E-state index in [1.807, 2.05) is 6.92 Å². The van der Waals surface area contributed by atoms with Gasteiger partial charge in [0.15, 0.2) is 0 Å². The molecule has 0 amide bonds. The van der Waals surface area contributed by atoms with Crippen molar-refractivity contribution in [3.05, 3.63) is 18.2 Å². The first-order valence-electron chi connectivity index (χ1n) is 7.33. The van der Waals surface area contributed by atoms with Gasteiger partial charge in [0.25, 0.3) is 0 Å². The summed E-state index contributed by atoms with van der Waals surface area (Å²) in [7, 11) is -3.43. The fourth-order valence-corrected chi connectivity index (χ4v) is 4.14. The van der Waals surface area contributed by atoms with Crippen LogP contribution in [0.4, 0.5) is 5.69 Å². The third-order valence-electron chi connectivity index (χ3n) is 3.80. The summed E-state index contributed by atoms with van der Waals surface area (Å²) in [6, 6.07) is 5.04. The van der Waals surface area contributed by atoms with Crippen molar-refractivity contribution in [1.82, 2.24) is 9.62 Å². The minimum absolute atomic E-state index is 0.0941. The number of hydrogen-bond acceptors (Lipinski definition) is 5. The molecule has 1 atom stereocenters. The van der Waals surface area contributed by atoms with Crippen LogP contribution in [0.5, 0.6) is 5.75 Å². The van der Waals surface area contributed by atoms with Gasteiger partial charge in [-0.05, 0) is 38.1 Å². The molecule has 6 nitrogen and oxygen atoms in total. The van der Waals surface area contributed by atoms with Crippen LogP contribution in [0, 0.1) is 0 Å². The van der Waals surface area contributed by atoms with E-state index < -0.39 is 10.0 Å². The van der Waals surface area contributed by atoms with Crippen LogP contribution >= 0.6 is 0 Å². The lowest BCUT2D eigenvalue weighted by Crippen LogP contribution is -2.34. The predicted octanol–water partition coefficient (Wildman–Crippen LogP) is 0.863. The van der Waals surface area contributed by atoms with Gasteiger partial charge < -0.3 is 15.4 Å². The first-order valence-corrected chi connectivity index (χ1v) is 8.77. The molecule has 1 saturated heterocycles. The normalized spacial score (nSPS) is 23.6. The van der Waals surface area contributed by atoms with Crippen LogP contribution in [0.25, 0.3) is 0 Å². The summed E-state index contributed by atoms with van der Waals surface area (Å²) >= 11 is 0. The Hall–Kier alpha value is -1.31. The lowest BCUT2D eigenvalue weighted by atomic mass is 10.2. The minimum atomic E-state index is -3.43. The number of benzene rings is 1. The van der Waals surface area contributed by atoms with Crippen LogP contribution in [0.2, 0.25) is 0 Å². The molecule has 2 aliphatic rings. The second-order valence-corrected chi connectivity index (χ2v) is 7.41. The summed E-state index contributed by atoms with van der Waals surface area (Å²) in [5.74, 6) is 0.713. The Morgan fingerprint density at radius 2 is 2.14 bits per heavy atom. The molecule has 0 saturated carbocycles. The van der Waals surface area contributed by atoms with Gasteiger partial charge in [-0.25, -0.2) is 8.42 Å². The number of nitrogens with zero attached hydrogens (tertiary/aromatic N) is 1. The molecule has 0 radical (unpaired) electrons. The van der Waals surface area contributed by atoms with E-state index in [1.165, 1.54) is 0 Å². The largest absolute Gasteiger partial charge is 0.487 e. The predicted molar refractivity (Wildman–Crippen MR) is 81.3 cm³/mol. The zero-order valence-corrected chi connectivity index (χ0v) is 12.9. The number of nitrogens with one attached hydrogen (secondary N) is 2. The zero-order valence-electron chi connectivity index (χ0n) is 12.1. The molecule has 2 N–H and O–H groups in total. The van der Waals surface area contributed by atoms with Gasteiger partial charge in [0.1, 0.15) is 11.9 Å². The molecular formula is C14H21N3O3S. The van der Waals surface area contributed by atoms with Crippen molar-refractivity contribution >= 4 is 15.7 Å². The Kier molecular flexibility index (Phi) is 4.05. The minimum Gasteiger partial charge on any atom is -0.487 e. The van der Waals surface area contributed by atoms with Crippen LogP contribution in [-0.4, -0.2) is 51.6 Å². The highest BCUT2D eigenvalue weighted by molar-refractivity contribution is 7.89. The summed E-state index contributed by atoms with van der Waals surface area (Å²) in [5, 5.41) is 6.44. The van der Waals surface area contributed by atoms with E-state index in [1.54, 1.807) is 22.5 Å². The van der Waals surface area contributed by atoms with E-state index in [9.17, 15) is 8.42 Å². The molecule has 0 spiro atoms. The maximum atomic E-state index is 12.7. The lowest BCUT2D eigenvalue weighted by Gasteiger charge is -2.26. The molecule has 0 aliphatic carbocycles. The lowest BCUT2D eigenvalue weighted by molar-refractivity contribution is 0.226. The fourth-order valence-electron chi connectivity index (χ4n) is 2.63. The Bertz CT molecular complexity index is 610. The van der Waals surface area contributed by atoms with E-state index in [-0.39, 0.29) is 6.10 Å². The number of sulfonamides is 1. The van der Waals surface area contributed by atoms with Gasteiger partial charge in [0.05, 0.1) is 17.1 Å². The van der Waals surface area contributed by atoms with Crippen molar-refractivity contribution in [3.8, 4) is 5.75 Å². The van der Waals surface area contributed by atoms with E-state index in [4.69, 9.17) is 4.74 Å². The summed E-state index contributed by atoms with van der Waals surface area (Å²) in [6.07, 6.45) is 0.930. The highest BCUT2D eigenvalue weighted by Crippen LogP contribution is 2.32. The van der Waals surface area contributed by atoms with Crippen LogP contribution in [-0.2, 0) is 10.0 Å². The molecule has 0 aromatic heterocycles. The molecule has 7 heteroatoms. The topological polar surface area (TPSA) is 70.7 Å². The molecule has 1 unspecified atom stereocenters. The van der Waals surface area contributed by atoms with Gasteiger partial charge in [-0.3, -0.25) is 0 Å². The van der Waals surface area contributed by atoms with Crippen molar-refractivity contribution < 1.29 is 13.2 Å². The molecule has 21 heavy (non-hydrogen) atoms. The molecule has 116 valence electrons. The number of rotatable bonds is 2. The first kappa shape index (κ1) is 14.6. The fraction of sp³-hybridized carbons (Fsp3) is 0.571. The molecular weight excluding hydrogens is 290 g/mol. The second-order valence-electron chi connectivity index (χ2n) is 5.47. The standard InChI is InChI=1S/C14H21N3O3S/c1-11-10-16-13-9-12(3-4-14(13)20-11)21(18,19)17-7-2-5-15-6-8-17/h3-4,9,11,15-16H,2,5-8,10H2,1H3. The van der Waals surface area contributed by atoms with E-state index in [0.29, 0.717) is 36.8 Å². The van der Waals surface area contributed by atoms with Crippen LogP contribution < -0.4 is 15.4 Å². The molecule has 2 heterocycles. The van der Waals surface area contributed by atoms with Gasteiger partial charge in [0.2, 0.25) is 10.0 Å². The van der Waals surface area contributed by atoms with Crippen molar-refractivity contribution in [1.29, 1.82) is 0 Å². The van der Waals surface area contributed by atoms with Gasteiger partial charge in [-0.2, -0.15) is 4.31 Å². The Balaban J connectivity index is 1.88. The maximum Gasteiger partial charge on any atom is 0.243 e. The molecule has 3 rings (SSSR count). The van der Waals surface area contributed by atoms with Gasteiger partial charge in [-0.15, -0.1) is 0 Å². The number of anilines is 1. The monoisotopic (exact) mass is 311 g/mol. The van der Waals surface area contributed by atoms with Crippen molar-refractivity contribution in [2.24, 2.45) is 0 Å².